The molecule has 0 fully saturated rings. The maximum Gasteiger partial charge on any atom is 0.275 e. The summed E-state index contributed by atoms with van der Waals surface area (Å²) >= 11 is 0. The minimum Gasteiger partial charge on any atom is -0.393 e. The maximum atomic E-state index is 12.8. The second kappa shape index (κ2) is 11.5. The number of carbonyl (C=O) groups is 1. The van der Waals surface area contributed by atoms with Gasteiger partial charge in [-0.15, -0.1) is 10.2 Å². The van der Waals surface area contributed by atoms with Gasteiger partial charge in [0.1, 0.15) is 11.5 Å². The van der Waals surface area contributed by atoms with E-state index in [0.29, 0.717) is 18.7 Å². The third-order valence-electron chi connectivity index (χ3n) is 5.77. The molecule has 3 unspecified atom stereocenters. The Balaban J connectivity index is 1.59. The van der Waals surface area contributed by atoms with Gasteiger partial charge < -0.3 is 15.4 Å². The predicted octanol–water partition coefficient (Wildman–Crippen LogP) is 3.26. The molecule has 0 radical (unpaired) electrons. The molecule has 7 nitrogen and oxygen atoms in total. The summed E-state index contributed by atoms with van der Waals surface area (Å²) in [5.74, 6) is -0.395. The molecule has 0 bridgehead atoms. The molecule has 2 aromatic carbocycles. The number of aromatic amines is 1. The molecule has 0 aliphatic carbocycles. The normalized spacial score (nSPS) is 13.8. The number of hydrogen-bond acceptors (Lipinski definition) is 5. The lowest BCUT2D eigenvalue weighted by molar-refractivity contribution is -0.129. The van der Waals surface area contributed by atoms with Crippen molar-refractivity contribution < 1.29 is 9.90 Å². The van der Waals surface area contributed by atoms with E-state index in [1.165, 1.54) is 5.56 Å². The van der Waals surface area contributed by atoms with E-state index in [-0.39, 0.29) is 17.2 Å². The summed E-state index contributed by atoms with van der Waals surface area (Å²) in [6, 6.07) is 17.4. The number of aromatic nitrogens is 3. The number of aliphatic hydroxyl groups is 1. The second-order valence-electron chi connectivity index (χ2n) is 8.60. The van der Waals surface area contributed by atoms with Crippen molar-refractivity contribution in [3.8, 4) is 0 Å². The van der Waals surface area contributed by atoms with Crippen molar-refractivity contribution >= 4 is 5.91 Å². The molecule has 1 amide bonds. The summed E-state index contributed by atoms with van der Waals surface area (Å²) in [6.07, 6.45) is 1.82. The Hall–Kier alpha value is -3.32. The fourth-order valence-electron chi connectivity index (χ4n) is 3.79. The van der Waals surface area contributed by atoms with Gasteiger partial charge >= 0.3 is 0 Å². The monoisotopic (exact) mass is 448 g/mol. The van der Waals surface area contributed by atoms with Crippen LogP contribution in [-0.4, -0.2) is 32.3 Å². The van der Waals surface area contributed by atoms with Crippen LogP contribution in [0.3, 0.4) is 0 Å². The molecule has 0 aliphatic heterocycles. The molecule has 0 spiro atoms. The van der Waals surface area contributed by atoms with Crippen LogP contribution in [0, 0.1) is 12.8 Å². The zero-order valence-electron chi connectivity index (χ0n) is 19.4. The summed E-state index contributed by atoms with van der Waals surface area (Å²) in [5, 5.41) is 21.2. The number of carbonyl (C=O) groups excluding carboxylic acids is 1. The highest BCUT2D eigenvalue weighted by atomic mass is 16.3. The summed E-state index contributed by atoms with van der Waals surface area (Å²) < 4.78 is 0. The molecule has 0 saturated carbocycles. The molecule has 174 valence electrons. The molecule has 33 heavy (non-hydrogen) atoms. The highest BCUT2D eigenvalue weighted by molar-refractivity contribution is 5.79. The molecular weight excluding hydrogens is 416 g/mol. The molecule has 0 aliphatic rings. The SMILES string of the molecule is Cc1ccc(Cc2nnc(C(C)NC(=O)C(CCCc3ccccc3)C(C)O)c(=O)[nH]2)cc1. The van der Waals surface area contributed by atoms with Gasteiger partial charge in [-0.3, -0.25) is 9.59 Å². The van der Waals surface area contributed by atoms with Gasteiger partial charge in [0.25, 0.3) is 5.56 Å². The minimum atomic E-state index is -0.797. The molecule has 3 atom stereocenters. The lowest BCUT2D eigenvalue weighted by Crippen LogP contribution is -2.40. The number of rotatable bonds is 10. The Labute approximate surface area is 194 Å². The van der Waals surface area contributed by atoms with Gasteiger partial charge in [-0.2, -0.15) is 0 Å². The summed E-state index contributed by atoms with van der Waals surface area (Å²) in [6.45, 7) is 5.32. The van der Waals surface area contributed by atoms with Crippen LogP contribution in [0.1, 0.15) is 60.9 Å². The van der Waals surface area contributed by atoms with Gasteiger partial charge in [0.05, 0.1) is 18.1 Å². The number of benzene rings is 2. The summed E-state index contributed by atoms with van der Waals surface area (Å²) in [4.78, 5) is 28.2. The van der Waals surface area contributed by atoms with E-state index in [0.717, 1.165) is 24.0 Å². The predicted molar refractivity (Wildman–Crippen MR) is 128 cm³/mol. The average molecular weight is 449 g/mol. The van der Waals surface area contributed by atoms with Gasteiger partial charge in [0, 0.05) is 6.42 Å². The van der Waals surface area contributed by atoms with E-state index in [2.05, 4.69) is 20.5 Å². The molecule has 3 rings (SSSR count). The van der Waals surface area contributed by atoms with Crippen LogP contribution in [0.25, 0.3) is 0 Å². The van der Waals surface area contributed by atoms with E-state index in [1.807, 2.05) is 61.5 Å². The Morgan fingerprint density at radius 2 is 1.73 bits per heavy atom. The smallest absolute Gasteiger partial charge is 0.275 e. The highest BCUT2D eigenvalue weighted by Gasteiger charge is 2.26. The van der Waals surface area contributed by atoms with Gasteiger partial charge in [0.15, 0.2) is 0 Å². The summed E-state index contributed by atoms with van der Waals surface area (Å²) in [7, 11) is 0. The van der Waals surface area contributed by atoms with Crippen molar-refractivity contribution in [3.63, 3.8) is 0 Å². The van der Waals surface area contributed by atoms with Crippen LogP contribution in [0.5, 0.6) is 0 Å². The topological polar surface area (TPSA) is 108 Å². The van der Waals surface area contributed by atoms with Gasteiger partial charge in [0.2, 0.25) is 5.91 Å². The fraction of sp³-hybridized carbons (Fsp3) is 0.385. The molecule has 0 saturated heterocycles. The van der Waals surface area contributed by atoms with Crippen LogP contribution < -0.4 is 10.9 Å². The maximum absolute atomic E-state index is 12.8. The minimum absolute atomic E-state index is 0.143. The number of nitrogens with zero attached hydrogens (tertiary/aromatic N) is 2. The third kappa shape index (κ3) is 7.08. The van der Waals surface area contributed by atoms with E-state index >= 15 is 0 Å². The van der Waals surface area contributed by atoms with E-state index in [1.54, 1.807) is 13.8 Å². The first-order valence-corrected chi connectivity index (χ1v) is 11.4. The van der Waals surface area contributed by atoms with Crippen molar-refractivity contribution in [2.75, 3.05) is 0 Å². The lowest BCUT2D eigenvalue weighted by atomic mass is 9.94. The Morgan fingerprint density at radius 3 is 2.36 bits per heavy atom. The van der Waals surface area contributed by atoms with Crippen molar-refractivity contribution in [2.24, 2.45) is 5.92 Å². The van der Waals surface area contributed by atoms with Crippen molar-refractivity contribution in [1.82, 2.24) is 20.5 Å². The van der Waals surface area contributed by atoms with Gasteiger partial charge in [-0.1, -0.05) is 60.2 Å². The number of H-pyrrole nitrogens is 1. The number of amides is 1. The number of nitrogens with one attached hydrogen (secondary N) is 2. The van der Waals surface area contributed by atoms with E-state index in [9.17, 15) is 14.7 Å². The van der Waals surface area contributed by atoms with Crippen molar-refractivity contribution in [2.45, 2.75) is 58.6 Å². The molecular formula is C26H32N4O3. The summed E-state index contributed by atoms with van der Waals surface area (Å²) in [5.41, 5.74) is 3.15. The van der Waals surface area contributed by atoms with Crippen molar-refractivity contribution in [3.05, 3.63) is 93.2 Å². The third-order valence-corrected chi connectivity index (χ3v) is 5.77. The van der Waals surface area contributed by atoms with E-state index < -0.39 is 18.1 Å². The zero-order chi connectivity index (χ0) is 23.8. The Kier molecular flexibility index (Phi) is 8.49. The first-order valence-electron chi connectivity index (χ1n) is 11.4. The molecule has 1 aromatic heterocycles. The second-order valence-corrected chi connectivity index (χ2v) is 8.60. The first-order chi connectivity index (χ1) is 15.8. The molecule has 1 heterocycles. The van der Waals surface area contributed by atoms with Crippen LogP contribution >= 0.6 is 0 Å². The standard InChI is InChI=1S/C26H32N4O3/c1-17-12-14-21(15-13-17)16-23-28-26(33)24(30-29-23)18(2)27-25(32)22(19(3)31)11-7-10-20-8-5-4-6-9-20/h4-6,8-9,12-15,18-19,22,31H,7,10-11,16H2,1-3H3,(H,27,32)(H,28,29,33). The Morgan fingerprint density at radius 1 is 1.03 bits per heavy atom. The average Bonchev–Trinajstić information content (AvgIpc) is 2.78. The van der Waals surface area contributed by atoms with Crippen LogP contribution in [-0.2, 0) is 17.6 Å². The van der Waals surface area contributed by atoms with Crippen LogP contribution in [0.15, 0.2) is 59.4 Å². The quantitative estimate of drug-likeness (QED) is 0.441. The molecule has 3 N–H and O–H groups in total. The first kappa shape index (κ1) is 24.3. The number of aliphatic hydroxyl groups excluding tert-OH is 1. The van der Waals surface area contributed by atoms with Gasteiger partial charge in [-0.05, 0) is 51.2 Å². The van der Waals surface area contributed by atoms with Crippen LogP contribution in [0.2, 0.25) is 0 Å². The molecule has 3 aromatic rings. The number of hydrogen-bond donors (Lipinski definition) is 3. The Bertz CT molecular complexity index is 1090. The van der Waals surface area contributed by atoms with Crippen molar-refractivity contribution in [1.29, 1.82) is 0 Å². The van der Waals surface area contributed by atoms with E-state index in [4.69, 9.17) is 0 Å². The largest absolute Gasteiger partial charge is 0.393 e. The van der Waals surface area contributed by atoms with Crippen LogP contribution in [0.4, 0.5) is 0 Å². The van der Waals surface area contributed by atoms with Gasteiger partial charge in [-0.25, -0.2) is 0 Å². The zero-order valence-corrected chi connectivity index (χ0v) is 19.4. The highest BCUT2D eigenvalue weighted by Crippen LogP contribution is 2.17. The molecule has 7 heteroatoms. The number of aryl methyl sites for hydroxylation is 2. The lowest BCUT2D eigenvalue weighted by Gasteiger charge is -2.21. The fourth-order valence-corrected chi connectivity index (χ4v) is 3.79.